The van der Waals surface area contributed by atoms with Gasteiger partial charge in [0, 0.05) is 5.02 Å². The second kappa shape index (κ2) is 5.52. The van der Waals surface area contributed by atoms with Gasteiger partial charge in [0.05, 0.1) is 6.54 Å². The van der Waals surface area contributed by atoms with Crippen molar-refractivity contribution in [2.45, 2.75) is 38.8 Å². The molecule has 1 aliphatic rings. The number of nitrogens with zero attached hydrogens (tertiary/aromatic N) is 3. The fourth-order valence-corrected chi connectivity index (χ4v) is 3.24. The molecule has 0 amide bonds. The Labute approximate surface area is 135 Å². The van der Waals surface area contributed by atoms with Gasteiger partial charge in [0.2, 0.25) is 0 Å². The average molecular weight is 318 g/mol. The molecular weight excluding hydrogens is 298 g/mol. The van der Waals surface area contributed by atoms with Crippen molar-refractivity contribution in [1.82, 2.24) is 14.8 Å². The molecule has 0 aliphatic heterocycles. The first-order valence-electron chi connectivity index (χ1n) is 7.42. The van der Waals surface area contributed by atoms with Crippen molar-refractivity contribution in [1.29, 1.82) is 0 Å². The molecule has 3 rings (SSSR count). The summed E-state index contributed by atoms with van der Waals surface area (Å²) >= 11 is 5.94. The molecule has 1 unspecified atom stereocenters. The molecule has 0 bridgehead atoms. The number of hydrogen-bond donors (Lipinski definition) is 1. The number of benzene rings is 1. The van der Waals surface area contributed by atoms with E-state index in [9.17, 15) is 5.11 Å². The summed E-state index contributed by atoms with van der Waals surface area (Å²) in [6.45, 7) is 4.62. The third-order valence-electron chi connectivity index (χ3n) is 4.74. The van der Waals surface area contributed by atoms with Crippen LogP contribution in [0.4, 0.5) is 0 Å². The zero-order valence-corrected chi connectivity index (χ0v) is 13.6. The third kappa shape index (κ3) is 2.69. The van der Waals surface area contributed by atoms with Crippen molar-refractivity contribution < 1.29 is 5.11 Å². The molecule has 1 aromatic carbocycles. The Morgan fingerprint density at radius 2 is 2.05 bits per heavy atom. The van der Waals surface area contributed by atoms with Crippen molar-refractivity contribution in [3.05, 3.63) is 53.1 Å². The molecular formula is C17H20ClN3O. The monoisotopic (exact) mass is 317 g/mol. The number of aliphatic hydroxyl groups is 1. The van der Waals surface area contributed by atoms with Crippen LogP contribution in [0.3, 0.4) is 0 Å². The number of aromatic nitrogens is 3. The van der Waals surface area contributed by atoms with Gasteiger partial charge in [-0.25, -0.2) is 9.67 Å². The molecule has 1 aromatic heterocycles. The van der Waals surface area contributed by atoms with Gasteiger partial charge in [-0.05, 0) is 41.5 Å². The molecule has 2 aromatic rings. The fraction of sp³-hybridized carbons (Fsp3) is 0.412. The predicted octanol–water partition coefficient (Wildman–Crippen LogP) is 3.57. The topological polar surface area (TPSA) is 50.9 Å². The van der Waals surface area contributed by atoms with Crippen LogP contribution in [0.1, 0.15) is 32.3 Å². The molecule has 116 valence electrons. The zero-order chi connectivity index (χ0) is 15.8. The minimum atomic E-state index is -0.930. The maximum Gasteiger partial charge on any atom is 0.137 e. The van der Waals surface area contributed by atoms with Gasteiger partial charge in [0.1, 0.15) is 18.3 Å². The average Bonchev–Trinajstić information content (AvgIpc) is 3.04. The molecule has 1 saturated carbocycles. The Hall–Kier alpha value is -1.65. The highest BCUT2D eigenvalue weighted by Crippen LogP contribution is 2.50. The molecule has 1 heterocycles. The Morgan fingerprint density at radius 1 is 1.32 bits per heavy atom. The highest BCUT2D eigenvalue weighted by atomic mass is 35.5. The summed E-state index contributed by atoms with van der Waals surface area (Å²) in [6, 6.07) is 7.67. The van der Waals surface area contributed by atoms with Gasteiger partial charge in [-0.2, -0.15) is 5.10 Å². The first-order valence-corrected chi connectivity index (χ1v) is 7.80. The molecule has 4 nitrogen and oxygen atoms in total. The van der Waals surface area contributed by atoms with Gasteiger partial charge in [-0.3, -0.25) is 0 Å². The SMILES string of the molecule is CC1(C)CC/C(=C\c2ccc(Cl)cc2)C1(O)Cn1cncn1. The van der Waals surface area contributed by atoms with Crippen molar-refractivity contribution in [3.8, 4) is 0 Å². The van der Waals surface area contributed by atoms with E-state index in [1.807, 2.05) is 24.3 Å². The fourth-order valence-electron chi connectivity index (χ4n) is 3.11. The summed E-state index contributed by atoms with van der Waals surface area (Å²) < 4.78 is 1.70. The number of rotatable bonds is 3. The van der Waals surface area contributed by atoms with Crippen LogP contribution in [-0.2, 0) is 6.54 Å². The lowest BCUT2D eigenvalue weighted by Gasteiger charge is -2.37. The highest BCUT2D eigenvalue weighted by molar-refractivity contribution is 6.30. The maximum atomic E-state index is 11.4. The van der Waals surface area contributed by atoms with Crippen LogP contribution < -0.4 is 0 Å². The van der Waals surface area contributed by atoms with Gasteiger partial charge in [-0.1, -0.05) is 43.7 Å². The van der Waals surface area contributed by atoms with Crippen molar-refractivity contribution in [2.24, 2.45) is 5.41 Å². The lowest BCUT2D eigenvalue weighted by Crippen LogP contribution is -2.45. The molecule has 5 heteroatoms. The highest BCUT2D eigenvalue weighted by Gasteiger charge is 2.51. The van der Waals surface area contributed by atoms with E-state index in [2.05, 4.69) is 30.0 Å². The van der Waals surface area contributed by atoms with Crippen LogP contribution in [0.25, 0.3) is 6.08 Å². The van der Waals surface area contributed by atoms with E-state index in [-0.39, 0.29) is 5.41 Å². The van der Waals surface area contributed by atoms with Gasteiger partial charge < -0.3 is 5.11 Å². The summed E-state index contributed by atoms with van der Waals surface area (Å²) in [4.78, 5) is 3.97. The first kappa shape index (κ1) is 15.3. The minimum Gasteiger partial charge on any atom is -0.383 e. The van der Waals surface area contributed by atoms with E-state index in [4.69, 9.17) is 11.6 Å². The zero-order valence-electron chi connectivity index (χ0n) is 12.8. The summed E-state index contributed by atoms with van der Waals surface area (Å²) in [5.74, 6) is 0. The standard InChI is InChI=1S/C17H20ClN3O/c1-16(2)8-7-14(9-13-3-5-15(18)6-4-13)17(16,22)10-21-12-19-11-20-21/h3-6,9,11-12,22H,7-8,10H2,1-2H3/b14-9+. The Bertz CT molecular complexity index is 676. The lowest BCUT2D eigenvalue weighted by atomic mass is 9.76. The van der Waals surface area contributed by atoms with Crippen molar-refractivity contribution in [3.63, 3.8) is 0 Å². The number of halogens is 1. The Balaban J connectivity index is 1.97. The molecule has 0 spiro atoms. The smallest absolute Gasteiger partial charge is 0.137 e. The molecule has 1 aliphatic carbocycles. The lowest BCUT2D eigenvalue weighted by molar-refractivity contribution is -0.0298. The normalized spacial score (nSPS) is 25.7. The molecule has 1 N–H and O–H groups in total. The maximum absolute atomic E-state index is 11.4. The van der Waals surface area contributed by atoms with Crippen molar-refractivity contribution in [2.75, 3.05) is 0 Å². The van der Waals surface area contributed by atoms with Crippen LogP contribution in [-0.4, -0.2) is 25.5 Å². The summed E-state index contributed by atoms with van der Waals surface area (Å²) in [6.07, 6.45) is 7.03. The van der Waals surface area contributed by atoms with Gasteiger partial charge in [0.15, 0.2) is 0 Å². The second-order valence-corrected chi connectivity index (χ2v) is 6.99. The van der Waals surface area contributed by atoms with Crippen LogP contribution >= 0.6 is 11.6 Å². The van der Waals surface area contributed by atoms with E-state index in [0.717, 1.165) is 24.0 Å². The quantitative estimate of drug-likeness (QED) is 0.941. The Kier molecular flexibility index (Phi) is 3.83. The largest absolute Gasteiger partial charge is 0.383 e. The van der Waals surface area contributed by atoms with E-state index in [0.29, 0.717) is 11.6 Å². The van der Waals surface area contributed by atoms with E-state index >= 15 is 0 Å². The van der Waals surface area contributed by atoms with E-state index in [1.54, 1.807) is 11.0 Å². The second-order valence-electron chi connectivity index (χ2n) is 6.56. The third-order valence-corrected chi connectivity index (χ3v) is 4.99. The predicted molar refractivity (Wildman–Crippen MR) is 87.4 cm³/mol. The summed E-state index contributed by atoms with van der Waals surface area (Å²) in [5.41, 5.74) is 0.946. The van der Waals surface area contributed by atoms with Crippen molar-refractivity contribution >= 4 is 17.7 Å². The van der Waals surface area contributed by atoms with Crippen LogP contribution in [0, 0.1) is 5.41 Å². The molecule has 1 atom stereocenters. The van der Waals surface area contributed by atoms with Gasteiger partial charge in [0.25, 0.3) is 0 Å². The van der Waals surface area contributed by atoms with Crippen LogP contribution in [0.2, 0.25) is 5.02 Å². The summed E-state index contributed by atoms with van der Waals surface area (Å²) in [7, 11) is 0. The minimum absolute atomic E-state index is 0.211. The van der Waals surface area contributed by atoms with E-state index < -0.39 is 5.60 Å². The molecule has 22 heavy (non-hydrogen) atoms. The van der Waals surface area contributed by atoms with E-state index in [1.165, 1.54) is 6.33 Å². The van der Waals surface area contributed by atoms with Gasteiger partial charge in [-0.15, -0.1) is 0 Å². The molecule has 1 fully saturated rings. The first-order chi connectivity index (χ1) is 10.4. The number of hydrogen-bond acceptors (Lipinski definition) is 3. The summed E-state index contributed by atoms with van der Waals surface area (Å²) in [5, 5.41) is 16.2. The van der Waals surface area contributed by atoms with Crippen LogP contribution in [0.15, 0.2) is 42.5 Å². The van der Waals surface area contributed by atoms with Gasteiger partial charge >= 0.3 is 0 Å². The molecule has 0 saturated heterocycles. The Morgan fingerprint density at radius 3 is 2.68 bits per heavy atom. The molecule has 0 radical (unpaired) electrons. The van der Waals surface area contributed by atoms with Crippen LogP contribution in [0.5, 0.6) is 0 Å².